The summed E-state index contributed by atoms with van der Waals surface area (Å²) in [6.45, 7) is 4.45. The molecule has 9 heteroatoms. The zero-order chi connectivity index (χ0) is 14.1. The van der Waals surface area contributed by atoms with Crippen molar-refractivity contribution < 1.29 is 26.4 Å². The Labute approximate surface area is 97.6 Å². The molecular formula is C8H15F3N2O3S. The number of halogens is 3. The number of primary amides is 1. The molecule has 5 nitrogen and oxygen atoms in total. The Bertz CT molecular complexity index is 384. The van der Waals surface area contributed by atoms with Gasteiger partial charge in [0.15, 0.2) is 5.75 Å². The van der Waals surface area contributed by atoms with E-state index in [0.29, 0.717) is 0 Å². The molecule has 0 fully saturated rings. The number of amides is 1. The van der Waals surface area contributed by atoms with Gasteiger partial charge in [0.1, 0.15) is 6.04 Å². The molecule has 1 amide bonds. The smallest absolute Gasteiger partial charge is 0.368 e. The fourth-order valence-electron chi connectivity index (χ4n) is 1.10. The summed E-state index contributed by atoms with van der Waals surface area (Å²) in [6.07, 6.45) is -4.87. The third kappa shape index (κ3) is 6.47. The fourth-order valence-corrected chi connectivity index (χ4v) is 2.44. The molecular weight excluding hydrogens is 261 g/mol. The van der Waals surface area contributed by atoms with Crippen LogP contribution in [0, 0.1) is 5.41 Å². The Morgan fingerprint density at radius 1 is 1.29 bits per heavy atom. The van der Waals surface area contributed by atoms with Crippen molar-refractivity contribution in [1.82, 2.24) is 4.72 Å². The Morgan fingerprint density at radius 3 is 1.94 bits per heavy atom. The van der Waals surface area contributed by atoms with Crippen LogP contribution in [0.5, 0.6) is 0 Å². The zero-order valence-electron chi connectivity index (χ0n) is 9.63. The van der Waals surface area contributed by atoms with Crippen molar-refractivity contribution in [3.05, 3.63) is 0 Å². The van der Waals surface area contributed by atoms with Crippen molar-refractivity contribution in [2.45, 2.75) is 33.0 Å². The Hall–Kier alpha value is -0.830. The van der Waals surface area contributed by atoms with Crippen molar-refractivity contribution in [2.75, 3.05) is 5.75 Å². The maximum Gasteiger partial charge on any atom is 0.404 e. The predicted octanol–water partition coefficient (Wildman–Crippen LogP) is 0.368. The topological polar surface area (TPSA) is 89.3 Å². The summed E-state index contributed by atoms with van der Waals surface area (Å²) in [5, 5.41) is 0. The summed E-state index contributed by atoms with van der Waals surface area (Å²) < 4.78 is 59.9. The van der Waals surface area contributed by atoms with Crippen LogP contribution in [0.2, 0.25) is 0 Å². The molecule has 0 rings (SSSR count). The number of nitrogens with two attached hydrogens (primary N) is 1. The summed E-state index contributed by atoms with van der Waals surface area (Å²) >= 11 is 0. The van der Waals surface area contributed by atoms with Crippen molar-refractivity contribution in [3.8, 4) is 0 Å². The third-order valence-electron chi connectivity index (χ3n) is 1.80. The zero-order valence-corrected chi connectivity index (χ0v) is 10.4. The van der Waals surface area contributed by atoms with E-state index in [-0.39, 0.29) is 0 Å². The first-order chi connectivity index (χ1) is 7.25. The fraction of sp³-hybridized carbons (Fsp3) is 0.875. The van der Waals surface area contributed by atoms with Gasteiger partial charge in [-0.25, -0.2) is 13.1 Å². The average Bonchev–Trinajstić information content (AvgIpc) is 1.92. The quantitative estimate of drug-likeness (QED) is 0.777. The average molecular weight is 276 g/mol. The molecule has 0 unspecified atom stereocenters. The highest BCUT2D eigenvalue weighted by Gasteiger charge is 2.39. The lowest BCUT2D eigenvalue weighted by molar-refractivity contribution is -0.122. The Morgan fingerprint density at radius 2 is 1.71 bits per heavy atom. The molecule has 0 aromatic rings. The van der Waals surface area contributed by atoms with Crippen LogP contribution in [-0.2, 0) is 14.8 Å². The monoisotopic (exact) mass is 276 g/mol. The summed E-state index contributed by atoms with van der Waals surface area (Å²) in [7, 11) is -4.64. The van der Waals surface area contributed by atoms with Crippen LogP contribution in [-0.4, -0.2) is 32.3 Å². The van der Waals surface area contributed by atoms with Crippen molar-refractivity contribution >= 4 is 15.9 Å². The van der Waals surface area contributed by atoms with Crippen LogP contribution in [0.15, 0.2) is 0 Å². The number of rotatable bonds is 4. The maximum absolute atomic E-state index is 12.0. The van der Waals surface area contributed by atoms with E-state index in [2.05, 4.69) is 0 Å². The van der Waals surface area contributed by atoms with E-state index in [9.17, 15) is 26.4 Å². The normalized spacial score (nSPS) is 15.6. The molecule has 0 bridgehead atoms. The van der Waals surface area contributed by atoms with Crippen molar-refractivity contribution in [1.29, 1.82) is 0 Å². The second-order valence-electron chi connectivity index (χ2n) is 4.69. The van der Waals surface area contributed by atoms with Gasteiger partial charge < -0.3 is 5.73 Å². The first kappa shape index (κ1) is 16.2. The number of carbonyl (C=O) groups is 1. The summed E-state index contributed by atoms with van der Waals surface area (Å²) in [5.41, 5.74) is 4.03. The van der Waals surface area contributed by atoms with Crippen molar-refractivity contribution in [3.63, 3.8) is 0 Å². The van der Waals surface area contributed by atoms with E-state index >= 15 is 0 Å². The molecule has 0 aliphatic rings. The van der Waals surface area contributed by atoms with Crippen LogP contribution in [0.4, 0.5) is 13.2 Å². The van der Waals surface area contributed by atoms with Gasteiger partial charge >= 0.3 is 6.18 Å². The molecule has 0 aromatic heterocycles. The van der Waals surface area contributed by atoms with E-state index in [1.165, 1.54) is 20.8 Å². The minimum Gasteiger partial charge on any atom is -0.368 e. The van der Waals surface area contributed by atoms with Crippen LogP contribution in [0.3, 0.4) is 0 Å². The number of sulfonamides is 1. The lowest BCUT2D eigenvalue weighted by atomic mass is 9.87. The Balaban J connectivity index is 4.97. The Kier molecular flexibility index (Phi) is 4.57. The molecule has 0 spiro atoms. The SMILES string of the molecule is CC(C)(C)[C@H](NS(=O)(=O)CC(F)(F)F)C(N)=O. The molecule has 102 valence electrons. The number of alkyl halides is 3. The van der Waals surface area contributed by atoms with Gasteiger partial charge in [0.05, 0.1) is 0 Å². The van der Waals surface area contributed by atoms with Crippen molar-refractivity contribution in [2.24, 2.45) is 11.1 Å². The van der Waals surface area contributed by atoms with Crippen LogP contribution < -0.4 is 10.5 Å². The van der Waals surface area contributed by atoms with Gasteiger partial charge in [-0.3, -0.25) is 4.79 Å². The molecule has 0 aromatic carbocycles. The van der Waals surface area contributed by atoms with Gasteiger partial charge in [0, 0.05) is 0 Å². The molecule has 0 saturated carbocycles. The minimum absolute atomic E-state index is 0.912. The van der Waals surface area contributed by atoms with Gasteiger partial charge in [0.25, 0.3) is 0 Å². The van der Waals surface area contributed by atoms with Crippen LogP contribution in [0.1, 0.15) is 20.8 Å². The standard InChI is InChI=1S/C8H15F3N2O3S/c1-7(2,3)5(6(12)14)13-17(15,16)4-8(9,10)11/h5,13H,4H2,1-3H3,(H2,12,14)/t5-/m1/s1. The number of hydrogen-bond acceptors (Lipinski definition) is 3. The molecule has 0 saturated heterocycles. The molecule has 1 atom stereocenters. The van der Waals surface area contributed by atoms with E-state index in [4.69, 9.17) is 5.73 Å². The summed E-state index contributed by atoms with van der Waals surface area (Å²) in [6, 6.07) is -1.39. The minimum atomic E-state index is -4.87. The second kappa shape index (κ2) is 4.81. The molecule has 0 aliphatic carbocycles. The summed E-state index contributed by atoms with van der Waals surface area (Å²) in [4.78, 5) is 11.0. The highest BCUT2D eigenvalue weighted by molar-refractivity contribution is 7.89. The highest BCUT2D eigenvalue weighted by Crippen LogP contribution is 2.22. The molecule has 0 aliphatic heterocycles. The highest BCUT2D eigenvalue weighted by atomic mass is 32.2. The van der Waals surface area contributed by atoms with Crippen LogP contribution in [0.25, 0.3) is 0 Å². The van der Waals surface area contributed by atoms with Gasteiger partial charge in [-0.15, -0.1) is 0 Å². The van der Waals surface area contributed by atoms with E-state index < -0.39 is 39.3 Å². The van der Waals surface area contributed by atoms with E-state index in [1.54, 1.807) is 4.72 Å². The predicted molar refractivity (Wildman–Crippen MR) is 55.4 cm³/mol. The van der Waals surface area contributed by atoms with Gasteiger partial charge in [-0.1, -0.05) is 20.8 Å². The van der Waals surface area contributed by atoms with E-state index in [1.807, 2.05) is 0 Å². The maximum atomic E-state index is 12.0. The van der Waals surface area contributed by atoms with E-state index in [0.717, 1.165) is 0 Å². The third-order valence-corrected chi connectivity index (χ3v) is 3.10. The number of carbonyl (C=O) groups excluding carboxylic acids is 1. The largest absolute Gasteiger partial charge is 0.404 e. The van der Waals surface area contributed by atoms with Crippen LogP contribution >= 0.6 is 0 Å². The number of nitrogens with one attached hydrogen (secondary N) is 1. The first-order valence-corrected chi connectivity index (χ1v) is 6.26. The number of hydrogen-bond donors (Lipinski definition) is 2. The molecule has 0 heterocycles. The van der Waals surface area contributed by atoms with Gasteiger partial charge in [-0.05, 0) is 5.41 Å². The lowest BCUT2D eigenvalue weighted by Crippen LogP contribution is -2.53. The summed E-state index contributed by atoms with van der Waals surface area (Å²) in [5.74, 6) is -3.07. The first-order valence-electron chi connectivity index (χ1n) is 4.61. The van der Waals surface area contributed by atoms with Gasteiger partial charge in [0.2, 0.25) is 15.9 Å². The molecule has 17 heavy (non-hydrogen) atoms. The van der Waals surface area contributed by atoms with Gasteiger partial charge in [-0.2, -0.15) is 13.2 Å². The molecule has 3 N–H and O–H groups in total. The lowest BCUT2D eigenvalue weighted by Gasteiger charge is -2.28. The molecule has 0 radical (unpaired) electrons. The second-order valence-corrected chi connectivity index (χ2v) is 6.45.